The van der Waals surface area contributed by atoms with Crippen molar-refractivity contribution >= 4 is 21.7 Å². The molecule has 0 unspecified atom stereocenters. The van der Waals surface area contributed by atoms with Crippen molar-refractivity contribution in [2.45, 2.75) is 48.3 Å². The van der Waals surface area contributed by atoms with E-state index in [-0.39, 0.29) is 50.3 Å². The van der Waals surface area contributed by atoms with Crippen LogP contribution in [0.25, 0.3) is 0 Å². The van der Waals surface area contributed by atoms with Gasteiger partial charge in [0.1, 0.15) is 16.5 Å². The number of nitriles is 1. The van der Waals surface area contributed by atoms with Crippen LogP contribution in [-0.2, 0) is 22.9 Å². The van der Waals surface area contributed by atoms with Crippen LogP contribution in [0.2, 0.25) is 0 Å². The molecule has 1 atom stereocenters. The minimum absolute atomic E-state index is 0.0137. The maximum Gasteiger partial charge on any atom is 0.270 e. The van der Waals surface area contributed by atoms with Gasteiger partial charge in [-0.25, -0.2) is 17.2 Å². The van der Waals surface area contributed by atoms with Gasteiger partial charge in [0.15, 0.2) is 9.84 Å². The molecule has 5 rings (SSSR count). The molecule has 0 spiro atoms. The molecule has 2 aliphatic carbocycles. The number of nitrogens with one attached hydrogen (secondary N) is 1. The molecule has 2 saturated carbocycles. The predicted octanol–water partition coefficient (Wildman–Crippen LogP) is 1.46. The number of pyridine rings is 1. The van der Waals surface area contributed by atoms with E-state index in [0.717, 1.165) is 5.56 Å². The zero-order valence-corrected chi connectivity index (χ0v) is 19.9. The number of nitrogens with zero attached hydrogens (tertiary/aromatic N) is 3. The fourth-order valence-corrected chi connectivity index (χ4v) is 7.12. The van der Waals surface area contributed by atoms with Gasteiger partial charge in [0.2, 0.25) is 0 Å². The number of carbonyl (C=O) groups is 2. The number of benzene rings is 1. The number of carbonyl (C=O) groups excluding carboxylic acids is 2. The third-order valence-electron chi connectivity index (χ3n) is 7.09. The Morgan fingerprint density at radius 3 is 2.36 bits per heavy atom. The molecule has 12 heteroatoms. The van der Waals surface area contributed by atoms with Gasteiger partial charge in [-0.15, -0.1) is 0 Å². The normalized spacial score (nSPS) is 21.3. The van der Waals surface area contributed by atoms with E-state index in [1.165, 1.54) is 21.6 Å². The lowest BCUT2D eigenvalue weighted by Crippen LogP contribution is -2.50. The van der Waals surface area contributed by atoms with Gasteiger partial charge >= 0.3 is 0 Å². The van der Waals surface area contributed by atoms with E-state index in [0.29, 0.717) is 5.56 Å². The Bertz CT molecular complexity index is 1470. The number of rotatable bonds is 7. The van der Waals surface area contributed by atoms with Gasteiger partial charge in [-0.3, -0.25) is 14.4 Å². The predicted molar refractivity (Wildman–Crippen MR) is 123 cm³/mol. The van der Waals surface area contributed by atoms with Crippen molar-refractivity contribution in [1.29, 1.82) is 5.26 Å². The summed E-state index contributed by atoms with van der Waals surface area (Å²) >= 11 is 0. The second-order valence-electron chi connectivity index (χ2n) is 9.49. The molecule has 1 N–H and O–H groups in total. The van der Waals surface area contributed by atoms with Crippen molar-refractivity contribution < 1.29 is 26.8 Å². The van der Waals surface area contributed by atoms with E-state index >= 15 is 0 Å². The average Bonchev–Trinajstić information content (AvgIpc) is 3.77. The number of alkyl halides is 2. The number of hydrogen-bond donors (Lipinski definition) is 1. The molecule has 1 aliphatic heterocycles. The Morgan fingerprint density at radius 1 is 1.11 bits per heavy atom. The topological polar surface area (TPSA) is 129 Å². The number of halogens is 2. The molecule has 3 aliphatic rings. The molecule has 9 nitrogen and oxygen atoms in total. The first-order valence-corrected chi connectivity index (χ1v) is 13.0. The van der Waals surface area contributed by atoms with Crippen LogP contribution < -0.4 is 10.9 Å². The van der Waals surface area contributed by atoms with Gasteiger partial charge in [-0.2, -0.15) is 5.26 Å². The molecule has 36 heavy (non-hydrogen) atoms. The van der Waals surface area contributed by atoms with E-state index in [1.54, 1.807) is 24.3 Å². The van der Waals surface area contributed by atoms with Crippen molar-refractivity contribution in [1.82, 2.24) is 14.8 Å². The van der Waals surface area contributed by atoms with Gasteiger partial charge < -0.3 is 14.8 Å². The third kappa shape index (κ3) is 3.97. The van der Waals surface area contributed by atoms with Crippen molar-refractivity contribution in [3.63, 3.8) is 0 Å². The van der Waals surface area contributed by atoms with E-state index in [9.17, 15) is 31.6 Å². The fourth-order valence-electron chi connectivity index (χ4n) is 4.62. The second-order valence-corrected chi connectivity index (χ2v) is 12.0. The summed E-state index contributed by atoms with van der Waals surface area (Å²) < 4.78 is 52.3. The first-order chi connectivity index (χ1) is 17.0. The van der Waals surface area contributed by atoms with Gasteiger partial charge in [0, 0.05) is 32.6 Å². The largest absolute Gasteiger partial charge is 0.348 e. The van der Waals surface area contributed by atoms with Crippen molar-refractivity contribution in [3.8, 4) is 6.07 Å². The van der Waals surface area contributed by atoms with E-state index in [2.05, 4.69) is 5.32 Å². The number of fused-ring (bicyclic) bond motifs is 1. The SMILES string of the molecule is N#Cc1ccc(CNC(=O)c2ccc3n(c2=O)CCN(CC2(S(=O)(=O)[C@H]4CC4(F)F)CC2)C3=O)cc1. The van der Waals surface area contributed by atoms with Crippen LogP contribution >= 0.6 is 0 Å². The highest BCUT2D eigenvalue weighted by Gasteiger charge is 2.71. The van der Waals surface area contributed by atoms with Crippen LogP contribution in [0.15, 0.2) is 41.2 Å². The van der Waals surface area contributed by atoms with Crippen LogP contribution in [0.1, 0.15) is 51.2 Å². The Labute approximate surface area is 205 Å². The van der Waals surface area contributed by atoms with E-state index in [4.69, 9.17) is 5.26 Å². The van der Waals surface area contributed by atoms with Crippen LogP contribution in [0, 0.1) is 11.3 Å². The molecule has 0 bridgehead atoms. The summed E-state index contributed by atoms with van der Waals surface area (Å²) in [6.07, 6.45) is -0.243. The smallest absolute Gasteiger partial charge is 0.270 e. The first-order valence-electron chi connectivity index (χ1n) is 11.4. The standard InChI is InChI=1S/C24H22F2N4O5S/c25-24(26)11-19(24)36(34,35)23(7-8-23)14-29-9-10-30-18(22(29)33)6-5-17(21(30)32)20(31)28-13-16-3-1-15(12-27)2-4-16/h1-6,19H,7-11,13-14H2,(H,28,31)/t19-/m0/s1. The first kappa shape index (κ1) is 24.1. The van der Waals surface area contributed by atoms with Gasteiger partial charge in [0.25, 0.3) is 23.3 Å². The molecular weight excluding hydrogens is 494 g/mol. The molecule has 2 amide bonds. The quantitative estimate of drug-likeness (QED) is 0.593. The van der Waals surface area contributed by atoms with Gasteiger partial charge in [0.05, 0.1) is 16.4 Å². The second kappa shape index (κ2) is 8.23. The average molecular weight is 517 g/mol. The molecule has 0 saturated heterocycles. The number of hydrogen-bond acceptors (Lipinski definition) is 6. The molecular formula is C24H22F2N4O5S. The van der Waals surface area contributed by atoms with Crippen LogP contribution in [0.3, 0.4) is 0 Å². The molecule has 0 radical (unpaired) electrons. The maximum atomic E-state index is 13.5. The zero-order valence-electron chi connectivity index (χ0n) is 19.0. The summed E-state index contributed by atoms with van der Waals surface area (Å²) in [4.78, 5) is 39.9. The highest BCUT2D eigenvalue weighted by molar-refractivity contribution is 7.94. The lowest BCUT2D eigenvalue weighted by molar-refractivity contribution is 0.0694. The molecule has 188 valence electrons. The molecule has 2 aromatic rings. The number of sulfone groups is 1. The number of amides is 2. The van der Waals surface area contributed by atoms with Gasteiger partial charge in [-0.1, -0.05) is 12.1 Å². The van der Waals surface area contributed by atoms with Crippen LogP contribution in [0.4, 0.5) is 8.78 Å². The lowest BCUT2D eigenvalue weighted by Gasteiger charge is -2.32. The molecule has 1 aromatic heterocycles. The summed E-state index contributed by atoms with van der Waals surface area (Å²) in [5.41, 5.74) is 0.432. The Hall–Kier alpha value is -3.59. The van der Waals surface area contributed by atoms with Crippen molar-refractivity contribution in [2.75, 3.05) is 13.1 Å². The molecule has 2 heterocycles. The third-order valence-corrected chi connectivity index (χ3v) is 10.1. The number of aromatic nitrogens is 1. The minimum atomic E-state index is -4.10. The Balaban J connectivity index is 1.29. The fraction of sp³-hybridized carbons (Fsp3) is 0.417. The monoisotopic (exact) mass is 516 g/mol. The summed E-state index contributed by atoms with van der Waals surface area (Å²) in [6.45, 7) is 0.0174. The summed E-state index contributed by atoms with van der Waals surface area (Å²) in [5.74, 6) is -4.41. The zero-order chi connectivity index (χ0) is 25.9. The maximum absolute atomic E-state index is 13.5. The summed E-state index contributed by atoms with van der Waals surface area (Å²) in [5, 5.41) is 9.81. The molecule has 1 aromatic carbocycles. The van der Waals surface area contributed by atoms with E-state index < -0.39 is 49.6 Å². The Kier molecular flexibility index (Phi) is 5.51. The van der Waals surface area contributed by atoms with Crippen molar-refractivity contribution in [2.24, 2.45) is 0 Å². The highest BCUT2D eigenvalue weighted by Crippen LogP contribution is 2.56. The minimum Gasteiger partial charge on any atom is -0.348 e. The lowest BCUT2D eigenvalue weighted by atomic mass is 10.1. The van der Waals surface area contributed by atoms with Crippen LogP contribution in [0.5, 0.6) is 0 Å². The highest BCUT2D eigenvalue weighted by atomic mass is 32.2. The van der Waals surface area contributed by atoms with Crippen LogP contribution in [-0.4, -0.2) is 58.7 Å². The molecule has 2 fully saturated rings. The van der Waals surface area contributed by atoms with Crippen molar-refractivity contribution in [3.05, 3.63) is 69.1 Å². The summed E-state index contributed by atoms with van der Waals surface area (Å²) in [6, 6.07) is 11.2. The van der Waals surface area contributed by atoms with Gasteiger partial charge in [-0.05, 0) is 42.7 Å². The summed E-state index contributed by atoms with van der Waals surface area (Å²) in [7, 11) is -4.10. The van der Waals surface area contributed by atoms with E-state index in [1.807, 2.05) is 6.07 Å². The Morgan fingerprint density at radius 2 is 1.78 bits per heavy atom.